The zero-order valence-electron chi connectivity index (χ0n) is 13.8. The van der Waals surface area contributed by atoms with Crippen LogP contribution in [0, 0.1) is 0 Å². The number of hydrogen-bond donors (Lipinski definition) is 0. The highest BCUT2D eigenvalue weighted by Gasteiger charge is 2.25. The Kier molecular flexibility index (Phi) is 6.16. The fraction of sp³-hybridized carbons (Fsp3) is 0.368. The van der Waals surface area contributed by atoms with Crippen molar-refractivity contribution in [2.75, 3.05) is 13.1 Å². The summed E-state index contributed by atoms with van der Waals surface area (Å²) in [5, 5.41) is 1.19. The van der Waals surface area contributed by atoms with Gasteiger partial charge in [-0.25, -0.2) is 0 Å². The summed E-state index contributed by atoms with van der Waals surface area (Å²) in [5.74, 6) is 0.768. The molecule has 1 aromatic heterocycles. The number of hydrogen-bond acceptors (Lipinski definition) is 3. The fourth-order valence-electron chi connectivity index (χ4n) is 3.00. The number of amides is 1. The minimum atomic E-state index is -0.0382. The van der Waals surface area contributed by atoms with E-state index >= 15 is 0 Å². The molecule has 2 heterocycles. The molecule has 132 valence electrons. The van der Waals surface area contributed by atoms with Gasteiger partial charge in [0.1, 0.15) is 16.9 Å². The number of rotatable bonds is 5. The molecule has 4 nitrogen and oxygen atoms in total. The average molecular weight is 379 g/mol. The number of carbonyl (C=O) groups is 1. The van der Waals surface area contributed by atoms with Crippen molar-refractivity contribution >= 4 is 29.1 Å². The second-order valence-corrected chi connectivity index (χ2v) is 7.00. The minimum absolute atomic E-state index is 0.0382. The highest BCUT2D eigenvalue weighted by Crippen LogP contribution is 2.25. The fourth-order valence-corrected chi connectivity index (χ4v) is 3.38. The van der Waals surface area contributed by atoms with Crippen LogP contribution in [-0.4, -0.2) is 35.0 Å². The maximum Gasteiger partial charge on any atom is 0.223 e. The van der Waals surface area contributed by atoms with Crippen molar-refractivity contribution in [1.29, 1.82) is 0 Å². The molecule has 1 aromatic carbocycles. The van der Waals surface area contributed by atoms with Crippen LogP contribution in [0.15, 0.2) is 42.7 Å². The van der Waals surface area contributed by atoms with Gasteiger partial charge in [-0.3, -0.25) is 9.78 Å². The van der Waals surface area contributed by atoms with E-state index in [1.807, 2.05) is 29.2 Å². The number of benzene rings is 1. The first kappa shape index (κ1) is 18.0. The van der Waals surface area contributed by atoms with E-state index in [1.165, 1.54) is 0 Å². The van der Waals surface area contributed by atoms with Crippen molar-refractivity contribution in [2.45, 2.75) is 31.8 Å². The zero-order chi connectivity index (χ0) is 17.6. The third-order valence-corrected chi connectivity index (χ3v) is 4.80. The molecule has 1 saturated heterocycles. The molecule has 0 aliphatic carbocycles. The van der Waals surface area contributed by atoms with Crippen molar-refractivity contribution in [3.8, 4) is 5.75 Å². The maximum absolute atomic E-state index is 12.5. The van der Waals surface area contributed by atoms with E-state index in [2.05, 4.69) is 4.98 Å². The van der Waals surface area contributed by atoms with Crippen molar-refractivity contribution in [2.24, 2.45) is 0 Å². The van der Waals surface area contributed by atoms with Gasteiger partial charge in [-0.1, -0.05) is 35.3 Å². The molecule has 1 fully saturated rings. The summed E-state index contributed by atoms with van der Waals surface area (Å²) in [4.78, 5) is 18.4. The lowest BCUT2D eigenvalue weighted by atomic mass is 10.1. The molecule has 1 unspecified atom stereocenters. The number of carbonyl (C=O) groups excluding carboxylic acids is 1. The molecule has 0 N–H and O–H groups in total. The van der Waals surface area contributed by atoms with Crippen LogP contribution in [0.3, 0.4) is 0 Å². The van der Waals surface area contributed by atoms with E-state index in [9.17, 15) is 4.79 Å². The predicted octanol–water partition coefficient (Wildman–Crippen LogP) is 4.39. The first-order valence-corrected chi connectivity index (χ1v) is 9.16. The molecular formula is C19H20Cl2N2O2. The lowest BCUT2D eigenvalue weighted by Crippen LogP contribution is -2.44. The van der Waals surface area contributed by atoms with Crippen LogP contribution in [0.1, 0.15) is 24.8 Å². The molecule has 0 saturated carbocycles. The van der Waals surface area contributed by atoms with E-state index in [0.29, 0.717) is 35.2 Å². The average Bonchev–Trinajstić information content (AvgIpc) is 2.62. The SMILES string of the molecule is O=C(CCc1cccc(Cl)c1)N1CCCC(Oc2ccncc2Cl)C1. The van der Waals surface area contributed by atoms with Crippen LogP contribution in [0.4, 0.5) is 0 Å². The van der Waals surface area contributed by atoms with E-state index in [4.69, 9.17) is 27.9 Å². The quantitative estimate of drug-likeness (QED) is 0.774. The highest BCUT2D eigenvalue weighted by atomic mass is 35.5. The summed E-state index contributed by atoms with van der Waals surface area (Å²) in [5.41, 5.74) is 1.08. The van der Waals surface area contributed by atoms with Crippen LogP contribution in [0.5, 0.6) is 5.75 Å². The number of aryl methyl sites for hydroxylation is 1. The molecule has 6 heteroatoms. The number of ether oxygens (including phenoxy) is 1. The first-order valence-electron chi connectivity index (χ1n) is 8.40. The summed E-state index contributed by atoms with van der Waals surface area (Å²) < 4.78 is 5.96. The standard InChI is InChI=1S/C19H20Cl2N2O2/c20-15-4-1-3-14(11-15)6-7-19(24)23-10-2-5-16(13-23)25-18-8-9-22-12-17(18)21/h1,3-4,8-9,11-12,16H,2,5-7,10,13H2. The Hall–Kier alpha value is -1.78. The molecular weight excluding hydrogens is 359 g/mol. The molecule has 3 rings (SSSR count). The van der Waals surface area contributed by atoms with Gasteiger partial charge in [-0.15, -0.1) is 0 Å². The van der Waals surface area contributed by atoms with Gasteiger partial charge in [0, 0.05) is 36.4 Å². The van der Waals surface area contributed by atoms with E-state index < -0.39 is 0 Å². The Morgan fingerprint density at radius 2 is 2.20 bits per heavy atom. The summed E-state index contributed by atoms with van der Waals surface area (Å²) in [6, 6.07) is 9.40. The molecule has 1 aliphatic rings. The van der Waals surface area contributed by atoms with Gasteiger partial charge in [-0.2, -0.15) is 0 Å². The second-order valence-electron chi connectivity index (χ2n) is 6.16. The third-order valence-electron chi connectivity index (χ3n) is 4.28. The van der Waals surface area contributed by atoms with Gasteiger partial charge in [-0.05, 0) is 37.0 Å². The molecule has 1 atom stereocenters. The highest BCUT2D eigenvalue weighted by molar-refractivity contribution is 6.31. The predicted molar refractivity (Wildman–Crippen MR) is 99.3 cm³/mol. The molecule has 1 amide bonds. The minimum Gasteiger partial charge on any atom is -0.487 e. The summed E-state index contributed by atoms with van der Waals surface area (Å²) in [6.07, 6.45) is 6.18. The van der Waals surface area contributed by atoms with Crippen LogP contribution in [-0.2, 0) is 11.2 Å². The lowest BCUT2D eigenvalue weighted by Gasteiger charge is -2.33. The number of aromatic nitrogens is 1. The van der Waals surface area contributed by atoms with Crippen LogP contribution < -0.4 is 4.74 Å². The van der Waals surface area contributed by atoms with E-state index in [-0.39, 0.29) is 12.0 Å². The van der Waals surface area contributed by atoms with Gasteiger partial charge < -0.3 is 9.64 Å². The third kappa shape index (κ3) is 5.10. The molecule has 0 bridgehead atoms. The zero-order valence-corrected chi connectivity index (χ0v) is 15.3. The number of likely N-dealkylation sites (tertiary alicyclic amines) is 1. The second kappa shape index (κ2) is 8.54. The Bertz CT molecular complexity index is 739. The topological polar surface area (TPSA) is 42.4 Å². The lowest BCUT2D eigenvalue weighted by molar-refractivity contribution is -0.133. The van der Waals surface area contributed by atoms with Crippen molar-refractivity contribution < 1.29 is 9.53 Å². The van der Waals surface area contributed by atoms with Crippen molar-refractivity contribution in [1.82, 2.24) is 9.88 Å². The number of halogens is 2. The number of pyridine rings is 1. The number of nitrogens with zero attached hydrogens (tertiary/aromatic N) is 2. The normalized spacial score (nSPS) is 17.4. The molecule has 25 heavy (non-hydrogen) atoms. The Balaban J connectivity index is 1.53. The molecule has 2 aromatic rings. The van der Waals surface area contributed by atoms with Gasteiger partial charge in [0.2, 0.25) is 5.91 Å². The Morgan fingerprint density at radius 1 is 1.32 bits per heavy atom. The molecule has 1 aliphatic heterocycles. The Labute approximate surface area is 157 Å². The van der Waals surface area contributed by atoms with Crippen LogP contribution >= 0.6 is 23.2 Å². The summed E-state index contributed by atoms with van der Waals surface area (Å²) in [6.45, 7) is 1.37. The van der Waals surface area contributed by atoms with Gasteiger partial charge in [0.05, 0.1) is 6.54 Å². The Morgan fingerprint density at radius 3 is 3.00 bits per heavy atom. The van der Waals surface area contributed by atoms with Crippen LogP contribution in [0.25, 0.3) is 0 Å². The molecule has 0 radical (unpaired) electrons. The van der Waals surface area contributed by atoms with Gasteiger partial charge in [0.15, 0.2) is 0 Å². The molecule has 0 spiro atoms. The first-order chi connectivity index (χ1) is 12.1. The summed E-state index contributed by atoms with van der Waals surface area (Å²) in [7, 11) is 0. The smallest absolute Gasteiger partial charge is 0.223 e. The van der Waals surface area contributed by atoms with Crippen molar-refractivity contribution in [3.05, 3.63) is 58.3 Å². The van der Waals surface area contributed by atoms with E-state index in [0.717, 1.165) is 24.9 Å². The van der Waals surface area contributed by atoms with Crippen LogP contribution in [0.2, 0.25) is 10.0 Å². The van der Waals surface area contributed by atoms with E-state index in [1.54, 1.807) is 18.5 Å². The van der Waals surface area contributed by atoms with Gasteiger partial charge >= 0.3 is 0 Å². The summed E-state index contributed by atoms with van der Waals surface area (Å²) >= 11 is 12.1. The largest absolute Gasteiger partial charge is 0.487 e. The number of piperidine rings is 1. The van der Waals surface area contributed by atoms with Crippen molar-refractivity contribution in [3.63, 3.8) is 0 Å². The van der Waals surface area contributed by atoms with Gasteiger partial charge in [0.25, 0.3) is 0 Å². The monoisotopic (exact) mass is 378 g/mol. The maximum atomic E-state index is 12.5.